The molecule has 1 aromatic heterocycles. The minimum Gasteiger partial charge on any atom is -0.478 e. The highest BCUT2D eigenvalue weighted by Crippen LogP contribution is 2.18. The van der Waals surface area contributed by atoms with Gasteiger partial charge < -0.3 is 15.0 Å². The molecule has 0 aliphatic rings. The predicted molar refractivity (Wildman–Crippen MR) is 80.9 cm³/mol. The summed E-state index contributed by atoms with van der Waals surface area (Å²) in [6.07, 6.45) is 1.70. The van der Waals surface area contributed by atoms with Crippen LogP contribution < -0.4 is 5.32 Å². The second kappa shape index (κ2) is 6.01. The summed E-state index contributed by atoms with van der Waals surface area (Å²) in [7, 11) is 1.73. The van der Waals surface area contributed by atoms with E-state index in [1.54, 1.807) is 49.0 Å². The van der Waals surface area contributed by atoms with E-state index < -0.39 is 5.97 Å². The van der Waals surface area contributed by atoms with E-state index in [0.29, 0.717) is 22.0 Å². The number of halogens is 1. The van der Waals surface area contributed by atoms with Gasteiger partial charge in [-0.3, -0.25) is 4.79 Å². The van der Waals surface area contributed by atoms with Gasteiger partial charge in [0.15, 0.2) is 0 Å². The van der Waals surface area contributed by atoms with Crippen LogP contribution in [0.5, 0.6) is 0 Å². The molecule has 0 saturated heterocycles. The van der Waals surface area contributed by atoms with Crippen LogP contribution in [-0.4, -0.2) is 21.6 Å². The van der Waals surface area contributed by atoms with Crippen LogP contribution in [0.1, 0.15) is 21.6 Å². The van der Waals surface area contributed by atoms with Crippen LogP contribution in [-0.2, 0) is 18.3 Å². The number of hydrogen-bond acceptors (Lipinski definition) is 2. The number of hydrogen-bond donors (Lipinski definition) is 2. The molecule has 0 radical (unpaired) electrons. The quantitative estimate of drug-likeness (QED) is 0.912. The summed E-state index contributed by atoms with van der Waals surface area (Å²) in [5.74, 6) is -1.30. The summed E-state index contributed by atoms with van der Waals surface area (Å²) in [6.45, 7) is 1.71. The molecule has 110 valence electrons. The molecule has 0 fully saturated rings. The van der Waals surface area contributed by atoms with Gasteiger partial charge in [-0.05, 0) is 36.8 Å². The van der Waals surface area contributed by atoms with Gasteiger partial charge in [0.2, 0.25) is 5.91 Å². The molecule has 5 nitrogen and oxygen atoms in total. The van der Waals surface area contributed by atoms with Crippen LogP contribution in [0.15, 0.2) is 30.5 Å². The predicted octanol–water partition coefficient (Wildman–Crippen LogP) is 2.87. The Labute approximate surface area is 127 Å². The fraction of sp³-hybridized carbons (Fsp3) is 0.200. The van der Waals surface area contributed by atoms with Crippen molar-refractivity contribution in [2.24, 2.45) is 7.05 Å². The van der Waals surface area contributed by atoms with Gasteiger partial charge in [0, 0.05) is 29.6 Å². The summed E-state index contributed by atoms with van der Waals surface area (Å²) in [5.41, 5.74) is 1.92. The van der Waals surface area contributed by atoms with Gasteiger partial charge in [-0.25, -0.2) is 4.79 Å². The first-order valence-corrected chi connectivity index (χ1v) is 6.69. The molecule has 0 aliphatic carbocycles. The highest BCUT2D eigenvalue weighted by Gasteiger charge is 2.19. The molecular formula is C15H15ClN2O3. The third-order valence-corrected chi connectivity index (χ3v) is 3.42. The third kappa shape index (κ3) is 3.44. The Balaban J connectivity index is 2.16. The number of nitrogens with one attached hydrogen (secondary N) is 1. The number of amides is 1. The Hall–Kier alpha value is -2.27. The smallest absolute Gasteiger partial charge is 0.337 e. The van der Waals surface area contributed by atoms with E-state index >= 15 is 0 Å². The van der Waals surface area contributed by atoms with Gasteiger partial charge in [0.05, 0.1) is 12.0 Å². The zero-order chi connectivity index (χ0) is 15.6. The Morgan fingerprint density at radius 2 is 1.90 bits per heavy atom. The Kier molecular flexibility index (Phi) is 4.33. The van der Waals surface area contributed by atoms with Gasteiger partial charge >= 0.3 is 5.97 Å². The van der Waals surface area contributed by atoms with Gasteiger partial charge in [-0.15, -0.1) is 0 Å². The second-order valence-electron chi connectivity index (χ2n) is 4.78. The number of carbonyl (C=O) groups excluding carboxylic acids is 1. The highest BCUT2D eigenvalue weighted by molar-refractivity contribution is 6.30. The van der Waals surface area contributed by atoms with Crippen LogP contribution in [0.4, 0.5) is 5.69 Å². The minimum atomic E-state index is -1.03. The van der Waals surface area contributed by atoms with Crippen LogP contribution in [0, 0.1) is 6.92 Å². The summed E-state index contributed by atoms with van der Waals surface area (Å²) in [4.78, 5) is 23.3. The van der Waals surface area contributed by atoms with Crippen molar-refractivity contribution >= 4 is 29.2 Å². The molecule has 1 aromatic carbocycles. The molecule has 0 aliphatic heterocycles. The third-order valence-electron chi connectivity index (χ3n) is 3.17. The van der Waals surface area contributed by atoms with Gasteiger partial charge in [0.25, 0.3) is 0 Å². The van der Waals surface area contributed by atoms with Crippen molar-refractivity contribution in [1.29, 1.82) is 0 Å². The van der Waals surface area contributed by atoms with Gasteiger partial charge in [-0.2, -0.15) is 0 Å². The van der Waals surface area contributed by atoms with Crippen LogP contribution >= 0.6 is 11.6 Å². The van der Waals surface area contributed by atoms with E-state index in [1.165, 1.54) is 0 Å². The maximum Gasteiger partial charge on any atom is 0.337 e. The number of carboxylic acid groups (broad SMARTS) is 1. The standard InChI is InChI=1S/C15H15ClN2O3/c1-9-8-18(2)12(14(9)15(20)21)7-13(19)17-11-5-3-10(16)4-6-11/h3-6,8H,7H2,1-2H3,(H,17,19)(H,20,21). The van der Waals surface area contributed by atoms with Crippen molar-refractivity contribution in [2.45, 2.75) is 13.3 Å². The van der Waals surface area contributed by atoms with Crippen molar-refractivity contribution in [3.8, 4) is 0 Å². The average molecular weight is 307 g/mol. The Morgan fingerprint density at radius 1 is 1.29 bits per heavy atom. The second-order valence-corrected chi connectivity index (χ2v) is 5.22. The van der Waals surface area contributed by atoms with Crippen molar-refractivity contribution in [1.82, 2.24) is 4.57 Å². The molecule has 2 rings (SSSR count). The lowest BCUT2D eigenvalue weighted by molar-refractivity contribution is -0.115. The van der Waals surface area contributed by atoms with E-state index in [1.807, 2.05) is 0 Å². The number of rotatable bonds is 4. The van der Waals surface area contributed by atoms with Gasteiger partial charge in [-0.1, -0.05) is 11.6 Å². The molecule has 2 N–H and O–H groups in total. The lowest BCUT2D eigenvalue weighted by atomic mass is 10.1. The van der Waals surface area contributed by atoms with Crippen molar-refractivity contribution in [3.05, 3.63) is 52.3 Å². The molecule has 6 heteroatoms. The number of aromatic nitrogens is 1. The van der Waals surface area contributed by atoms with Crippen LogP contribution in [0.25, 0.3) is 0 Å². The highest BCUT2D eigenvalue weighted by atomic mass is 35.5. The van der Waals surface area contributed by atoms with Crippen molar-refractivity contribution < 1.29 is 14.7 Å². The molecule has 0 unspecified atom stereocenters. The zero-order valence-corrected chi connectivity index (χ0v) is 12.4. The normalized spacial score (nSPS) is 10.4. The number of nitrogens with zero attached hydrogens (tertiary/aromatic N) is 1. The van der Waals surface area contributed by atoms with Crippen molar-refractivity contribution in [3.63, 3.8) is 0 Å². The number of carboxylic acids is 1. The zero-order valence-electron chi connectivity index (χ0n) is 11.7. The summed E-state index contributed by atoms with van der Waals surface area (Å²) in [5, 5.41) is 12.5. The molecule has 2 aromatic rings. The first-order valence-electron chi connectivity index (χ1n) is 6.32. The maximum absolute atomic E-state index is 12.1. The molecule has 0 saturated carbocycles. The Bertz CT molecular complexity index is 690. The minimum absolute atomic E-state index is 0.00536. The molecule has 21 heavy (non-hydrogen) atoms. The molecule has 0 atom stereocenters. The fourth-order valence-electron chi connectivity index (χ4n) is 2.23. The van der Waals surface area contributed by atoms with Crippen molar-refractivity contribution in [2.75, 3.05) is 5.32 Å². The van der Waals surface area contributed by atoms with E-state index in [0.717, 1.165) is 0 Å². The number of aryl methyl sites for hydroxylation is 2. The molecule has 1 amide bonds. The molecule has 0 spiro atoms. The van der Waals surface area contributed by atoms with Crippen LogP contribution in [0.3, 0.4) is 0 Å². The number of aromatic carboxylic acids is 1. The molecule has 0 bridgehead atoms. The average Bonchev–Trinajstić information content (AvgIpc) is 2.67. The fourth-order valence-corrected chi connectivity index (χ4v) is 2.36. The number of carbonyl (C=O) groups is 2. The summed E-state index contributed by atoms with van der Waals surface area (Å²) < 4.78 is 1.67. The van der Waals surface area contributed by atoms with Gasteiger partial charge in [0.1, 0.15) is 0 Å². The monoisotopic (exact) mass is 306 g/mol. The SMILES string of the molecule is Cc1cn(C)c(CC(=O)Nc2ccc(Cl)cc2)c1C(=O)O. The summed E-state index contributed by atoms with van der Waals surface area (Å²) in [6, 6.07) is 6.72. The largest absolute Gasteiger partial charge is 0.478 e. The number of anilines is 1. The van der Waals surface area contributed by atoms with Crippen LogP contribution in [0.2, 0.25) is 5.02 Å². The Morgan fingerprint density at radius 3 is 2.48 bits per heavy atom. The molecular weight excluding hydrogens is 292 g/mol. The number of benzene rings is 1. The summed E-state index contributed by atoms with van der Waals surface area (Å²) >= 11 is 5.78. The maximum atomic E-state index is 12.1. The lowest BCUT2D eigenvalue weighted by Gasteiger charge is -2.07. The first kappa shape index (κ1) is 15.1. The topological polar surface area (TPSA) is 71.3 Å². The van der Waals surface area contributed by atoms with E-state index in [4.69, 9.17) is 11.6 Å². The first-order chi connectivity index (χ1) is 9.88. The molecule has 1 heterocycles. The van der Waals surface area contributed by atoms with E-state index in [2.05, 4.69) is 5.32 Å². The lowest BCUT2D eigenvalue weighted by Crippen LogP contribution is -2.18. The van der Waals surface area contributed by atoms with E-state index in [9.17, 15) is 14.7 Å². The van der Waals surface area contributed by atoms with E-state index in [-0.39, 0.29) is 17.9 Å².